The average Bonchev–Trinajstić information content (AvgIpc) is 3.10. The van der Waals surface area contributed by atoms with Crippen molar-refractivity contribution in [3.63, 3.8) is 0 Å². The Labute approximate surface area is 231 Å². The van der Waals surface area contributed by atoms with E-state index in [1.165, 1.54) is 0 Å². The van der Waals surface area contributed by atoms with E-state index in [0.717, 1.165) is 45.7 Å². The zero-order valence-electron chi connectivity index (χ0n) is 19.1. The Morgan fingerprint density at radius 2 is 1.26 bits per heavy atom. The van der Waals surface area contributed by atoms with Gasteiger partial charge in [0.15, 0.2) is 0 Å². The number of carbonyl (C=O) groups excluding carboxylic acids is 2. The van der Waals surface area contributed by atoms with E-state index in [9.17, 15) is 9.59 Å². The van der Waals surface area contributed by atoms with Gasteiger partial charge >= 0.3 is 0 Å². The number of benzene rings is 3. The van der Waals surface area contributed by atoms with Gasteiger partial charge in [-0.15, -0.1) is 0 Å². The molecule has 2 amide bonds. The number of hydrogen-bond acceptors (Lipinski definition) is 4. The van der Waals surface area contributed by atoms with Crippen molar-refractivity contribution < 1.29 is 14.3 Å². The van der Waals surface area contributed by atoms with Crippen LogP contribution in [0.5, 0.6) is 5.75 Å². The van der Waals surface area contributed by atoms with E-state index in [2.05, 4.69) is 74.5 Å². The summed E-state index contributed by atoms with van der Waals surface area (Å²) in [4.78, 5) is 27.3. The van der Waals surface area contributed by atoms with Crippen LogP contribution in [-0.4, -0.2) is 29.1 Å². The topological polar surface area (TPSA) is 59.0 Å². The number of halogens is 2. The summed E-state index contributed by atoms with van der Waals surface area (Å²) in [6.07, 6.45) is 1.68. The fourth-order valence-corrected chi connectivity index (χ4v) is 7.97. The van der Waals surface area contributed by atoms with E-state index in [1.807, 2.05) is 50.2 Å². The molecule has 0 spiro atoms. The second-order valence-electron chi connectivity index (χ2n) is 9.48. The summed E-state index contributed by atoms with van der Waals surface area (Å²) >= 11 is 4.49. The molecule has 0 aromatic heterocycles. The Kier molecular flexibility index (Phi) is 5.75. The maximum atomic E-state index is 13.7. The van der Waals surface area contributed by atoms with E-state index in [-0.39, 0.29) is 29.8 Å². The Morgan fingerprint density at radius 1 is 0.829 bits per heavy atom. The number of rotatable bonds is 4. The zero-order chi connectivity index (χ0) is 24.4. The quantitative estimate of drug-likeness (QED) is 0.195. The van der Waals surface area contributed by atoms with Crippen LogP contribution in [0.3, 0.4) is 0 Å². The van der Waals surface area contributed by atoms with E-state index < -0.39 is 11.8 Å². The summed E-state index contributed by atoms with van der Waals surface area (Å²) in [5.74, 6) is -0.663. The van der Waals surface area contributed by atoms with Crippen molar-refractivity contribution in [3.8, 4) is 5.75 Å². The molecule has 2 bridgehead atoms. The molecular formula is C28H22I2N2O3. The lowest BCUT2D eigenvalue weighted by Crippen LogP contribution is -2.41. The molecule has 0 unspecified atom stereocenters. The van der Waals surface area contributed by atoms with E-state index in [1.54, 1.807) is 6.21 Å². The van der Waals surface area contributed by atoms with Crippen molar-refractivity contribution in [1.29, 1.82) is 0 Å². The number of nitrogens with zero attached hydrogens (tertiary/aromatic N) is 2. The molecule has 0 saturated carbocycles. The van der Waals surface area contributed by atoms with E-state index >= 15 is 0 Å². The van der Waals surface area contributed by atoms with Crippen LogP contribution in [0, 0.1) is 19.0 Å². The molecule has 3 aromatic carbocycles. The highest BCUT2D eigenvalue weighted by atomic mass is 127. The highest BCUT2D eigenvalue weighted by Gasteiger charge is 2.61. The minimum Gasteiger partial charge on any atom is -0.489 e. The highest BCUT2D eigenvalue weighted by Crippen LogP contribution is 2.60. The van der Waals surface area contributed by atoms with Crippen molar-refractivity contribution in [2.75, 3.05) is 0 Å². The summed E-state index contributed by atoms with van der Waals surface area (Å²) in [7, 11) is 0. The number of imide groups is 1. The van der Waals surface area contributed by atoms with Gasteiger partial charge in [-0.05, 0) is 99.0 Å². The van der Waals surface area contributed by atoms with E-state index in [0.29, 0.717) is 0 Å². The van der Waals surface area contributed by atoms with Gasteiger partial charge in [0.2, 0.25) is 0 Å². The normalized spacial score (nSPS) is 24.2. The number of ether oxygens (including phenoxy) is 1. The van der Waals surface area contributed by atoms with Crippen molar-refractivity contribution >= 4 is 63.2 Å². The lowest BCUT2D eigenvalue weighted by atomic mass is 9.55. The largest absolute Gasteiger partial charge is 0.489 e. The third-order valence-electron chi connectivity index (χ3n) is 7.12. The molecule has 1 saturated heterocycles. The SMILES string of the molecule is CC(C)Oc1c(I)cc(/C=N\N2C(=O)[C@@H]3C4c5ccccc5C(c5ccccc54)[C@@H]3C2=O)cc1I. The highest BCUT2D eigenvalue weighted by molar-refractivity contribution is 14.1. The lowest BCUT2D eigenvalue weighted by Gasteiger charge is -2.45. The van der Waals surface area contributed by atoms with Crippen molar-refractivity contribution in [2.24, 2.45) is 16.9 Å². The zero-order valence-corrected chi connectivity index (χ0v) is 23.4. The molecule has 35 heavy (non-hydrogen) atoms. The maximum absolute atomic E-state index is 13.7. The molecule has 7 rings (SSSR count). The first-order chi connectivity index (χ1) is 16.9. The summed E-state index contributed by atoms with van der Waals surface area (Å²) in [6.45, 7) is 3.99. The van der Waals surface area contributed by atoms with Crippen molar-refractivity contribution in [3.05, 3.63) is 95.6 Å². The number of amides is 2. The predicted molar refractivity (Wildman–Crippen MR) is 151 cm³/mol. The molecule has 3 aromatic rings. The second kappa shape index (κ2) is 8.69. The molecule has 176 valence electrons. The first-order valence-corrected chi connectivity index (χ1v) is 13.8. The summed E-state index contributed by atoms with van der Waals surface area (Å²) < 4.78 is 7.84. The average molecular weight is 688 g/mol. The fourth-order valence-electron chi connectivity index (χ4n) is 5.90. The van der Waals surface area contributed by atoms with Gasteiger partial charge in [-0.1, -0.05) is 48.5 Å². The van der Waals surface area contributed by atoms with Crippen LogP contribution in [-0.2, 0) is 9.59 Å². The van der Waals surface area contributed by atoms with Gasteiger partial charge in [0, 0.05) is 11.8 Å². The number of hydrogen-bond donors (Lipinski definition) is 0. The monoisotopic (exact) mass is 688 g/mol. The number of carbonyl (C=O) groups is 2. The molecule has 5 nitrogen and oxygen atoms in total. The Morgan fingerprint density at radius 3 is 1.66 bits per heavy atom. The van der Waals surface area contributed by atoms with Gasteiger partial charge < -0.3 is 4.74 Å². The van der Waals surface area contributed by atoms with Crippen LogP contribution in [0.1, 0.15) is 53.5 Å². The van der Waals surface area contributed by atoms with Gasteiger partial charge in [0.05, 0.1) is 31.3 Å². The van der Waals surface area contributed by atoms with Crippen LogP contribution in [0.4, 0.5) is 0 Å². The van der Waals surface area contributed by atoms with Crippen LogP contribution >= 0.6 is 45.2 Å². The molecule has 2 atom stereocenters. The third kappa shape index (κ3) is 3.56. The molecule has 1 aliphatic heterocycles. The molecule has 7 heteroatoms. The Hall–Kier alpha value is -2.27. The van der Waals surface area contributed by atoms with Crippen LogP contribution in [0.25, 0.3) is 0 Å². The minimum atomic E-state index is -0.420. The summed E-state index contributed by atoms with van der Waals surface area (Å²) in [6, 6.07) is 20.4. The Bertz CT molecular complexity index is 1280. The van der Waals surface area contributed by atoms with Gasteiger partial charge in [0.1, 0.15) is 5.75 Å². The second-order valence-corrected chi connectivity index (χ2v) is 11.8. The molecule has 0 N–H and O–H groups in total. The van der Waals surface area contributed by atoms with Crippen LogP contribution in [0.2, 0.25) is 0 Å². The van der Waals surface area contributed by atoms with Crippen molar-refractivity contribution in [1.82, 2.24) is 5.01 Å². The van der Waals surface area contributed by atoms with Crippen molar-refractivity contribution in [2.45, 2.75) is 31.8 Å². The van der Waals surface area contributed by atoms with Gasteiger partial charge in [0.25, 0.3) is 11.8 Å². The smallest absolute Gasteiger partial charge is 0.254 e. The molecular weight excluding hydrogens is 666 g/mol. The first kappa shape index (κ1) is 23.1. The third-order valence-corrected chi connectivity index (χ3v) is 8.72. The first-order valence-electron chi connectivity index (χ1n) is 11.6. The van der Waals surface area contributed by atoms with Gasteiger partial charge in [-0.2, -0.15) is 10.1 Å². The molecule has 4 aliphatic rings. The number of hydrazone groups is 1. The molecule has 1 fully saturated rings. The predicted octanol–water partition coefficient (Wildman–Crippen LogP) is 5.91. The minimum absolute atomic E-state index is 0.0725. The van der Waals surface area contributed by atoms with E-state index in [4.69, 9.17) is 4.74 Å². The Balaban J connectivity index is 1.37. The van der Waals surface area contributed by atoms with Gasteiger partial charge in [-0.3, -0.25) is 9.59 Å². The van der Waals surface area contributed by atoms with Gasteiger partial charge in [-0.25, -0.2) is 0 Å². The lowest BCUT2D eigenvalue weighted by molar-refractivity contribution is -0.139. The van der Waals surface area contributed by atoms with Crippen LogP contribution in [0.15, 0.2) is 65.8 Å². The molecule has 1 heterocycles. The molecule has 3 aliphatic carbocycles. The molecule has 0 radical (unpaired) electrons. The standard InChI is InChI=1S/C28H22I2N2O3/c1-14(2)35-26-20(29)11-15(12-21(26)30)13-31-32-27(33)24-22-16-7-3-4-8-17(16)23(25(24)28(32)34)19-10-6-5-9-18(19)22/h3-14,22-25H,1-2H3/b31-13-/t22?,23?,24-,25+. The maximum Gasteiger partial charge on any atom is 0.254 e. The summed E-state index contributed by atoms with van der Waals surface area (Å²) in [5, 5.41) is 5.55. The summed E-state index contributed by atoms with van der Waals surface area (Å²) in [5.41, 5.74) is 5.46. The fraction of sp³-hybridized carbons (Fsp3) is 0.250. The van der Waals surface area contributed by atoms with Crippen LogP contribution < -0.4 is 4.74 Å².